The Morgan fingerprint density at radius 3 is 2.82 bits per heavy atom. The van der Waals surface area contributed by atoms with Crippen LogP contribution in [0, 0.1) is 5.82 Å². The number of aromatic carboxylic acids is 1. The Kier molecular flexibility index (Phi) is 2.14. The molecule has 2 aromatic rings. The van der Waals surface area contributed by atoms with E-state index in [2.05, 4.69) is 4.98 Å². The van der Waals surface area contributed by atoms with Gasteiger partial charge in [-0.25, -0.2) is 14.2 Å². The summed E-state index contributed by atoms with van der Waals surface area (Å²) in [5.41, 5.74) is 1.11. The quantitative estimate of drug-likeness (QED) is 0.868. The van der Waals surface area contributed by atoms with Crippen molar-refractivity contribution >= 4 is 17.0 Å². The highest BCUT2D eigenvalue weighted by atomic mass is 19.1. The lowest BCUT2D eigenvalue weighted by atomic mass is 9.92. The van der Waals surface area contributed by atoms with Crippen LogP contribution >= 0.6 is 0 Å². The molecule has 0 bridgehead atoms. The van der Waals surface area contributed by atoms with Gasteiger partial charge in [0.1, 0.15) is 5.82 Å². The molecule has 0 spiro atoms. The Balaban J connectivity index is 2.26. The molecule has 17 heavy (non-hydrogen) atoms. The normalized spacial score (nSPS) is 16.1. The first kappa shape index (κ1) is 10.3. The van der Waals surface area contributed by atoms with Gasteiger partial charge in [-0.15, -0.1) is 0 Å². The summed E-state index contributed by atoms with van der Waals surface area (Å²) in [6.45, 7) is 0. The first-order valence-corrected chi connectivity index (χ1v) is 5.57. The molecule has 1 aliphatic carbocycles. The number of hydrogen-bond acceptors (Lipinski definition) is 2. The molecule has 1 saturated carbocycles. The highest BCUT2D eigenvalue weighted by Crippen LogP contribution is 2.35. The summed E-state index contributed by atoms with van der Waals surface area (Å²) >= 11 is 0. The maximum absolute atomic E-state index is 13.1. The number of fused-ring (bicyclic) bond motifs is 1. The number of imidazole rings is 1. The monoisotopic (exact) mass is 234 g/mol. The van der Waals surface area contributed by atoms with Gasteiger partial charge in [-0.05, 0) is 31.4 Å². The molecule has 4 nitrogen and oxygen atoms in total. The van der Waals surface area contributed by atoms with Gasteiger partial charge in [0, 0.05) is 12.1 Å². The fraction of sp³-hybridized carbons (Fsp3) is 0.333. The number of nitrogens with zero attached hydrogens (tertiary/aromatic N) is 2. The average Bonchev–Trinajstić information content (AvgIpc) is 2.54. The smallest absolute Gasteiger partial charge is 0.372 e. The first-order chi connectivity index (χ1) is 8.16. The minimum Gasteiger partial charge on any atom is -0.475 e. The maximum Gasteiger partial charge on any atom is 0.372 e. The molecule has 0 radical (unpaired) electrons. The molecular formula is C12H11FN2O2. The third kappa shape index (κ3) is 1.50. The van der Waals surface area contributed by atoms with E-state index in [9.17, 15) is 9.18 Å². The van der Waals surface area contributed by atoms with Crippen LogP contribution in [-0.4, -0.2) is 20.6 Å². The number of aromatic nitrogens is 2. The summed E-state index contributed by atoms with van der Waals surface area (Å²) in [6, 6.07) is 4.40. The van der Waals surface area contributed by atoms with Crippen molar-refractivity contribution in [3.8, 4) is 0 Å². The molecule has 0 aliphatic heterocycles. The molecule has 1 fully saturated rings. The highest BCUT2D eigenvalue weighted by Gasteiger charge is 2.27. The summed E-state index contributed by atoms with van der Waals surface area (Å²) in [5.74, 6) is -1.45. The van der Waals surface area contributed by atoms with Crippen molar-refractivity contribution in [2.45, 2.75) is 25.3 Å². The van der Waals surface area contributed by atoms with E-state index in [1.807, 2.05) is 0 Å². The molecule has 0 amide bonds. The molecule has 0 atom stereocenters. The predicted molar refractivity (Wildman–Crippen MR) is 59.5 cm³/mol. The Hall–Kier alpha value is -1.91. The van der Waals surface area contributed by atoms with E-state index >= 15 is 0 Å². The second kappa shape index (κ2) is 3.55. The molecule has 0 unspecified atom stereocenters. The van der Waals surface area contributed by atoms with Crippen molar-refractivity contribution in [1.82, 2.24) is 9.55 Å². The maximum atomic E-state index is 13.1. The molecule has 3 rings (SSSR count). The van der Waals surface area contributed by atoms with Crippen LogP contribution in [-0.2, 0) is 0 Å². The van der Waals surface area contributed by atoms with Crippen LogP contribution in [0.2, 0.25) is 0 Å². The lowest BCUT2D eigenvalue weighted by Gasteiger charge is -2.28. The Bertz CT molecular complexity index is 602. The van der Waals surface area contributed by atoms with E-state index in [1.54, 1.807) is 10.6 Å². The first-order valence-electron chi connectivity index (χ1n) is 5.57. The van der Waals surface area contributed by atoms with Crippen LogP contribution in [0.4, 0.5) is 4.39 Å². The topological polar surface area (TPSA) is 55.1 Å². The van der Waals surface area contributed by atoms with Gasteiger partial charge in [0.2, 0.25) is 5.82 Å². The van der Waals surface area contributed by atoms with E-state index < -0.39 is 11.8 Å². The highest BCUT2D eigenvalue weighted by molar-refractivity contribution is 5.90. The van der Waals surface area contributed by atoms with Crippen molar-refractivity contribution in [2.75, 3.05) is 0 Å². The number of benzene rings is 1. The van der Waals surface area contributed by atoms with Gasteiger partial charge in [-0.3, -0.25) is 0 Å². The molecule has 1 N–H and O–H groups in total. The van der Waals surface area contributed by atoms with E-state index in [1.165, 1.54) is 12.1 Å². The van der Waals surface area contributed by atoms with Gasteiger partial charge in [0.25, 0.3) is 0 Å². The van der Waals surface area contributed by atoms with E-state index in [0.717, 1.165) is 19.3 Å². The standard InChI is InChI=1S/C12H11FN2O2/c13-7-4-5-10-9(6-7)14-11(12(16)17)15(10)8-2-1-3-8/h4-6,8H,1-3H2,(H,16,17). The molecule has 1 aromatic heterocycles. The minimum absolute atomic E-state index is 0.00954. The van der Waals surface area contributed by atoms with Crippen LogP contribution in [0.3, 0.4) is 0 Å². The predicted octanol–water partition coefficient (Wildman–Crippen LogP) is 2.60. The second-order valence-corrected chi connectivity index (χ2v) is 4.33. The number of hydrogen-bond donors (Lipinski definition) is 1. The summed E-state index contributed by atoms with van der Waals surface area (Å²) in [4.78, 5) is 15.1. The molecule has 1 aromatic carbocycles. The summed E-state index contributed by atoms with van der Waals surface area (Å²) in [5, 5.41) is 9.13. The molecule has 0 saturated heterocycles. The zero-order chi connectivity index (χ0) is 12.0. The third-order valence-corrected chi connectivity index (χ3v) is 3.28. The fourth-order valence-corrected chi connectivity index (χ4v) is 2.24. The second-order valence-electron chi connectivity index (χ2n) is 4.33. The zero-order valence-corrected chi connectivity index (χ0v) is 9.06. The van der Waals surface area contributed by atoms with Crippen LogP contribution in [0.1, 0.15) is 35.9 Å². The molecule has 1 heterocycles. The summed E-state index contributed by atoms with van der Waals surface area (Å²) in [7, 11) is 0. The molecule has 5 heteroatoms. The number of carboxylic acids is 1. The zero-order valence-electron chi connectivity index (χ0n) is 9.06. The van der Waals surface area contributed by atoms with Crippen molar-refractivity contribution in [2.24, 2.45) is 0 Å². The van der Waals surface area contributed by atoms with Crippen LogP contribution in [0.5, 0.6) is 0 Å². The third-order valence-electron chi connectivity index (χ3n) is 3.28. The number of carbonyl (C=O) groups is 1. The number of carboxylic acid groups (broad SMARTS) is 1. The van der Waals surface area contributed by atoms with Crippen LogP contribution in [0.25, 0.3) is 11.0 Å². The van der Waals surface area contributed by atoms with E-state index in [4.69, 9.17) is 5.11 Å². The average molecular weight is 234 g/mol. The van der Waals surface area contributed by atoms with Gasteiger partial charge in [-0.1, -0.05) is 0 Å². The lowest BCUT2D eigenvalue weighted by molar-refractivity contribution is 0.0672. The molecule has 88 valence electrons. The van der Waals surface area contributed by atoms with Crippen molar-refractivity contribution in [3.63, 3.8) is 0 Å². The van der Waals surface area contributed by atoms with Crippen molar-refractivity contribution in [1.29, 1.82) is 0 Å². The van der Waals surface area contributed by atoms with Gasteiger partial charge < -0.3 is 9.67 Å². The van der Waals surface area contributed by atoms with Gasteiger partial charge in [0.15, 0.2) is 0 Å². The number of halogens is 1. The summed E-state index contributed by atoms with van der Waals surface area (Å²) < 4.78 is 14.8. The van der Waals surface area contributed by atoms with Crippen molar-refractivity contribution < 1.29 is 14.3 Å². The lowest BCUT2D eigenvalue weighted by Crippen LogP contribution is -2.21. The van der Waals surface area contributed by atoms with Crippen LogP contribution in [0.15, 0.2) is 18.2 Å². The summed E-state index contributed by atoms with van der Waals surface area (Å²) in [6.07, 6.45) is 3.02. The van der Waals surface area contributed by atoms with Crippen LogP contribution < -0.4 is 0 Å². The van der Waals surface area contributed by atoms with E-state index in [0.29, 0.717) is 11.0 Å². The minimum atomic E-state index is -1.06. The fourth-order valence-electron chi connectivity index (χ4n) is 2.24. The van der Waals surface area contributed by atoms with Gasteiger partial charge >= 0.3 is 5.97 Å². The van der Waals surface area contributed by atoms with E-state index in [-0.39, 0.29) is 11.9 Å². The largest absolute Gasteiger partial charge is 0.475 e. The van der Waals surface area contributed by atoms with Crippen molar-refractivity contribution in [3.05, 3.63) is 29.8 Å². The Morgan fingerprint density at radius 2 is 2.24 bits per heavy atom. The van der Waals surface area contributed by atoms with Gasteiger partial charge in [-0.2, -0.15) is 0 Å². The van der Waals surface area contributed by atoms with Gasteiger partial charge in [0.05, 0.1) is 11.0 Å². The Labute approximate surface area is 96.7 Å². The molecule has 1 aliphatic rings. The SMILES string of the molecule is O=C(O)c1nc2cc(F)ccc2n1C1CCC1. The molecular weight excluding hydrogens is 223 g/mol. The number of rotatable bonds is 2. The Morgan fingerprint density at radius 1 is 1.47 bits per heavy atom.